The van der Waals surface area contributed by atoms with E-state index in [0.717, 1.165) is 12.0 Å². The molecular formula is C26H38N6O5S. The molecule has 1 aromatic carbocycles. The monoisotopic (exact) mass is 546 g/mol. The lowest BCUT2D eigenvalue weighted by atomic mass is 9.88. The summed E-state index contributed by atoms with van der Waals surface area (Å²) >= 11 is 0. The molecule has 4 rings (SSSR count). The van der Waals surface area contributed by atoms with Crippen molar-refractivity contribution in [3.8, 4) is 0 Å². The van der Waals surface area contributed by atoms with Crippen LogP contribution >= 0.6 is 0 Å². The Balaban J connectivity index is 1.61. The maximum Gasteiger partial charge on any atom is 0.326 e. The minimum Gasteiger partial charge on any atom is -0.480 e. The van der Waals surface area contributed by atoms with Crippen LogP contribution in [0.1, 0.15) is 52.0 Å². The number of amides is 1. The van der Waals surface area contributed by atoms with E-state index in [2.05, 4.69) is 32.2 Å². The predicted octanol–water partition coefficient (Wildman–Crippen LogP) is 2.65. The lowest BCUT2D eigenvalue weighted by Gasteiger charge is -2.41. The maximum atomic E-state index is 14.0. The van der Waals surface area contributed by atoms with E-state index in [4.69, 9.17) is 0 Å². The molecule has 38 heavy (non-hydrogen) atoms. The predicted molar refractivity (Wildman–Crippen MR) is 144 cm³/mol. The Labute approximate surface area is 223 Å². The Hall–Kier alpha value is -3.12. The Morgan fingerprint density at radius 3 is 2.76 bits per heavy atom. The third-order valence-electron chi connectivity index (χ3n) is 7.48. The number of carboxylic acids is 1. The van der Waals surface area contributed by atoms with Crippen molar-refractivity contribution < 1.29 is 23.1 Å². The highest BCUT2D eigenvalue weighted by Gasteiger charge is 2.45. The molecule has 1 fully saturated rings. The zero-order valence-corrected chi connectivity index (χ0v) is 23.0. The number of rotatable bonds is 10. The number of nitrogens with one attached hydrogen (secondary N) is 4. The molecule has 2 aliphatic rings. The van der Waals surface area contributed by atoms with Gasteiger partial charge in [0.15, 0.2) is 5.95 Å². The van der Waals surface area contributed by atoms with E-state index < -0.39 is 33.5 Å². The molecule has 11 nitrogen and oxygen atoms in total. The van der Waals surface area contributed by atoms with Crippen LogP contribution in [0.15, 0.2) is 35.5 Å². The molecule has 1 aromatic heterocycles. The molecule has 2 aromatic rings. The van der Waals surface area contributed by atoms with Gasteiger partial charge in [-0.3, -0.25) is 4.79 Å². The number of carboxylic acid groups (broad SMARTS) is 1. The normalized spacial score (nSPS) is 23.1. The molecule has 2 aliphatic heterocycles. The number of para-hydroxylation sites is 1. The van der Waals surface area contributed by atoms with Crippen LogP contribution in [-0.4, -0.2) is 71.5 Å². The van der Waals surface area contributed by atoms with Crippen molar-refractivity contribution in [2.24, 2.45) is 11.8 Å². The number of anilines is 2. The number of benzene rings is 1. The highest BCUT2D eigenvalue weighted by atomic mass is 32.2. The molecule has 3 unspecified atom stereocenters. The number of carbonyl (C=O) groups excluding carboxylic acids is 1. The number of carbonyl (C=O) groups is 2. The van der Waals surface area contributed by atoms with Gasteiger partial charge in [0.2, 0.25) is 15.9 Å². The zero-order valence-electron chi connectivity index (χ0n) is 22.2. The van der Waals surface area contributed by atoms with E-state index in [1.54, 1.807) is 25.4 Å². The van der Waals surface area contributed by atoms with Crippen molar-refractivity contribution in [1.29, 1.82) is 0 Å². The van der Waals surface area contributed by atoms with Gasteiger partial charge in [0.25, 0.3) is 0 Å². The molecule has 0 spiro atoms. The van der Waals surface area contributed by atoms with Crippen LogP contribution in [0.3, 0.4) is 0 Å². The first-order valence-electron chi connectivity index (χ1n) is 13.2. The second-order valence-corrected chi connectivity index (χ2v) is 12.5. The summed E-state index contributed by atoms with van der Waals surface area (Å²) in [5, 5.41) is 16.2. The number of likely N-dealkylation sites (tertiary alicyclic amines) is 1. The first-order chi connectivity index (χ1) is 18.0. The Bertz CT molecular complexity index is 1250. The highest BCUT2D eigenvalue weighted by Crippen LogP contribution is 2.33. The van der Waals surface area contributed by atoms with Gasteiger partial charge in [0.05, 0.1) is 5.69 Å². The van der Waals surface area contributed by atoms with Crippen LogP contribution < -0.4 is 15.4 Å². The number of H-pyrrole nitrogens is 1. The van der Waals surface area contributed by atoms with Gasteiger partial charge in [0, 0.05) is 32.0 Å². The molecule has 0 saturated carbocycles. The van der Waals surface area contributed by atoms with Crippen LogP contribution in [-0.2, 0) is 26.0 Å². The quantitative estimate of drug-likeness (QED) is 0.285. The number of sulfonamides is 1. The van der Waals surface area contributed by atoms with Crippen LogP contribution in [0.4, 0.5) is 11.6 Å². The minimum atomic E-state index is -4.14. The van der Waals surface area contributed by atoms with Crippen LogP contribution in [0, 0.1) is 11.8 Å². The second-order valence-electron chi connectivity index (χ2n) is 10.9. The van der Waals surface area contributed by atoms with Gasteiger partial charge in [-0.15, -0.1) is 0 Å². The summed E-state index contributed by atoms with van der Waals surface area (Å²) in [6.07, 6.45) is 5.65. The summed E-state index contributed by atoms with van der Waals surface area (Å²) in [6.45, 7) is 6.98. The summed E-state index contributed by atoms with van der Waals surface area (Å²) in [5.41, 5.74) is -0.0799. The molecule has 0 radical (unpaired) electrons. The standard InChI is InChI=1S/C26H38N6O5S/c1-17-8-13-32(20(15-17)23(33)34)24(35)26(3,9-5-10-27-25-28-11-12-29-25)31-38(36,37)21-7-4-6-19-14-18(2)16-30-22(19)21/h4,6-7,11-12,17-18,20,30-31H,5,8-10,13-16H2,1-3H3,(H,33,34)(H2,27,28,29)/t17?,18?,20?,26-/m0/s1. The lowest BCUT2D eigenvalue weighted by Crippen LogP contribution is -2.62. The van der Waals surface area contributed by atoms with E-state index in [1.807, 2.05) is 13.0 Å². The number of hydrogen-bond acceptors (Lipinski definition) is 7. The smallest absolute Gasteiger partial charge is 0.326 e. The average molecular weight is 547 g/mol. The van der Waals surface area contributed by atoms with Gasteiger partial charge < -0.3 is 25.6 Å². The summed E-state index contributed by atoms with van der Waals surface area (Å²) in [7, 11) is -4.14. The summed E-state index contributed by atoms with van der Waals surface area (Å²) in [6, 6.07) is 4.17. The molecule has 12 heteroatoms. The number of piperidine rings is 1. The van der Waals surface area contributed by atoms with Crippen LogP contribution in [0.25, 0.3) is 0 Å². The number of fused-ring (bicyclic) bond motifs is 1. The highest BCUT2D eigenvalue weighted by molar-refractivity contribution is 7.89. The van der Waals surface area contributed by atoms with Crippen LogP contribution in [0.5, 0.6) is 0 Å². The number of nitrogens with zero attached hydrogens (tertiary/aromatic N) is 2. The number of aromatic amines is 1. The van der Waals surface area contributed by atoms with Gasteiger partial charge in [-0.1, -0.05) is 26.0 Å². The van der Waals surface area contributed by atoms with E-state index in [9.17, 15) is 23.1 Å². The SMILES string of the molecule is CC1CNc2c(cccc2S(=O)(=O)N[C@@](C)(CCCNc2ncc[nH]2)C(=O)N2CCC(C)CC2C(=O)O)C1. The van der Waals surface area contributed by atoms with Gasteiger partial charge in [-0.25, -0.2) is 18.2 Å². The average Bonchev–Trinajstić information content (AvgIpc) is 3.39. The Morgan fingerprint density at radius 1 is 1.26 bits per heavy atom. The fraction of sp³-hybridized carbons (Fsp3) is 0.577. The number of aromatic nitrogens is 2. The molecule has 208 valence electrons. The Morgan fingerprint density at radius 2 is 2.05 bits per heavy atom. The van der Waals surface area contributed by atoms with Crippen molar-refractivity contribution in [2.45, 2.75) is 69.4 Å². The van der Waals surface area contributed by atoms with Crippen molar-refractivity contribution in [3.05, 3.63) is 36.2 Å². The third kappa shape index (κ3) is 6.12. The fourth-order valence-electron chi connectivity index (χ4n) is 5.39. The van der Waals surface area contributed by atoms with Crippen molar-refractivity contribution in [2.75, 3.05) is 30.3 Å². The van der Waals surface area contributed by atoms with E-state index in [1.165, 1.54) is 11.0 Å². The second kappa shape index (κ2) is 11.3. The first-order valence-corrected chi connectivity index (χ1v) is 14.7. The number of aliphatic carboxylic acids is 1. The first kappa shape index (κ1) is 27.9. The molecule has 4 atom stereocenters. The van der Waals surface area contributed by atoms with Crippen LogP contribution in [0.2, 0.25) is 0 Å². The van der Waals surface area contributed by atoms with Crippen molar-refractivity contribution >= 4 is 33.5 Å². The van der Waals surface area contributed by atoms with E-state index in [0.29, 0.717) is 49.9 Å². The molecule has 3 heterocycles. The van der Waals surface area contributed by atoms with Crippen molar-refractivity contribution in [1.82, 2.24) is 19.6 Å². The summed E-state index contributed by atoms with van der Waals surface area (Å²) < 4.78 is 30.3. The number of imidazole rings is 1. The van der Waals surface area contributed by atoms with Gasteiger partial charge in [-0.05, 0) is 62.5 Å². The van der Waals surface area contributed by atoms with Gasteiger partial charge in [-0.2, -0.15) is 4.72 Å². The molecule has 5 N–H and O–H groups in total. The Kier molecular flexibility index (Phi) is 8.31. The summed E-state index contributed by atoms with van der Waals surface area (Å²) in [4.78, 5) is 34.5. The van der Waals surface area contributed by atoms with Crippen molar-refractivity contribution in [3.63, 3.8) is 0 Å². The largest absolute Gasteiger partial charge is 0.480 e. The molecule has 1 amide bonds. The van der Waals surface area contributed by atoms with E-state index >= 15 is 0 Å². The van der Waals surface area contributed by atoms with Gasteiger partial charge >= 0.3 is 5.97 Å². The fourth-order valence-corrected chi connectivity index (χ4v) is 7.02. The molecule has 1 saturated heterocycles. The molecule has 0 aliphatic carbocycles. The minimum absolute atomic E-state index is 0.0942. The summed E-state index contributed by atoms with van der Waals surface area (Å²) in [5.74, 6) is -0.498. The topological polar surface area (TPSA) is 157 Å². The lowest BCUT2D eigenvalue weighted by molar-refractivity contribution is -0.155. The maximum absolute atomic E-state index is 14.0. The molecular weight excluding hydrogens is 508 g/mol. The van der Waals surface area contributed by atoms with E-state index in [-0.39, 0.29) is 23.8 Å². The van der Waals surface area contributed by atoms with Gasteiger partial charge in [0.1, 0.15) is 16.5 Å². The zero-order chi connectivity index (χ0) is 27.5. The number of hydrogen-bond donors (Lipinski definition) is 5. The third-order valence-corrected chi connectivity index (χ3v) is 9.12. The molecule has 0 bridgehead atoms.